The average Bonchev–Trinajstić information content (AvgIpc) is 3.63. The lowest BCUT2D eigenvalue weighted by Gasteiger charge is -2.34. The molecule has 1 heterocycles. The average molecular weight is 850 g/mol. The van der Waals surface area contributed by atoms with Crippen LogP contribution >= 0.6 is 0 Å². The highest BCUT2D eigenvalue weighted by atomic mass is 16.5. The quantitative estimate of drug-likeness (QED) is 0.0470. The lowest BCUT2D eigenvalue weighted by molar-refractivity contribution is -0.145. The first-order chi connectivity index (χ1) is 28.0. The molecule has 4 atom stereocenters. The van der Waals surface area contributed by atoms with Crippen molar-refractivity contribution < 1.29 is 43.1 Å². The fourth-order valence-corrected chi connectivity index (χ4v) is 7.28. The molecule has 0 radical (unpaired) electrons. The molecule has 16 nitrogen and oxygen atoms in total. The second-order valence-electron chi connectivity index (χ2n) is 18.4. The summed E-state index contributed by atoms with van der Waals surface area (Å²) in [6.45, 7) is 17.5. The standard InChI is InChI=1S/C44H79N7O9/c1-11-12-13-14-15-16-17-18-19-22-37(54)49-44(9,10)42(59)51-25-20-21-35(51)40(57)47-34(27-30(4)5)39(56)50-43(7,8)41(58)48-33(23-24-36(45)53)38(55)46-32(26-29(2)3)28-60-31(6)52/h29-30,32-35H,11-28H2,1-10H3,(H2,45,53)(H,46,55)(H,47,57)(H,48,58)(H,49,54)(H,50,56)/t32-,33-,34-,35-/m0/s1. The van der Waals surface area contributed by atoms with Crippen molar-refractivity contribution in [2.75, 3.05) is 13.2 Å². The highest BCUT2D eigenvalue weighted by Crippen LogP contribution is 2.23. The molecule has 60 heavy (non-hydrogen) atoms. The normalized spacial score (nSPS) is 15.8. The summed E-state index contributed by atoms with van der Waals surface area (Å²) >= 11 is 0. The number of hydrogen-bond acceptors (Lipinski definition) is 9. The van der Waals surface area contributed by atoms with Gasteiger partial charge in [-0.25, -0.2) is 0 Å². The number of likely N-dealkylation sites (tertiary alicyclic amines) is 1. The van der Waals surface area contributed by atoms with Gasteiger partial charge in [0.1, 0.15) is 35.8 Å². The minimum absolute atomic E-state index is 0.0492. The second kappa shape index (κ2) is 26.9. The van der Waals surface area contributed by atoms with Gasteiger partial charge in [0.25, 0.3) is 0 Å². The summed E-state index contributed by atoms with van der Waals surface area (Å²) in [6.07, 6.45) is 11.7. The highest BCUT2D eigenvalue weighted by Gasteiger charge is 2.43. The van der Waals surface area contributed by atoms with E-state index in [2.05, 4.69) is 33.5 Å². The summed E-state index contributed by atoms with van der Waals surface area (Å²) < 4.78 is 5.12. The first kappa shape index (κ1) is 53.8. The van der Waals surface area contributed by atoms with E-state index >= 15 is 0 Å². The molecule has 0 saturated carbocycles. The number of nitrogens with one attached hydrogen (secondary N) is 5. The summed E-state index contributed by atoms with van der Waals surface area (Å²) in [5.74, 6) is -4.23. The Hall–Kier alpha value is -4.24. The number of hydrogen-bond donors (Lipinski definition) is 6. The molecular weight excluding hydrogens is 771 g/mol. The van der Waals surface area contributed by atoms with Crippen molar-refractivity contribution in [2.45, 2.75) is 207 Å². The Bertz CT molecular complexity index is 1430. The molecule has 0 aliphatic carbocycles. The number of carbonyl (C=O) groups is 8. The predicted molar refractivity (Wildman–Crippen MR) is 231 cm³/mol. The molecule has 7 amide bonds. The number of rotatable bonds is 29. The van der Waals surface area contributed by atoms with E-state index in [1.807, 2.05) is 27.7 Å². The fraction of sp³-hybridized carbons (Fsp3) is 0.818. The van der Waals surface area contributed by atoms with Crippen LogP contribution in [0, 0.1) is 11.8 Å². The van der Waals surface area contributed by atoms with Gasteiger partial charge in [-0.05, 0) is 78.1 Å². The maximum absolute atomic E-state index is 13.8. The number of carbonyl (C=O) groups excluding carboxylic acids is 8. The third kappa shape index (κ3) is 20.8. The Morgan fingerprint density at radius 2 is 1.30 bits per heavy atom. The first-order valence-electron chi connectivity index (χ1n) is 22.3. The zero-order valence-electron chi connectivity index (χ0n) is 38.4. The summed E-state index contributed by atoms with van der Waals surface area (Å²) in [4.78, 5) is 106. The van der Waals surface area contributed by atoms with Crippen LogP contribution < -0.4 is 32.3 Å². The van der Waals surface area contributed by atoms with Gasteiger partial charge >= 0.3 is 5.97 Å². The van der Waals surface area contributed by atoms with Crippen molar-refractivity contribution in [3.8, 4) is 0 Å². The van der Waals surface area contributed by atoms with Gasteiger partial charge in [0.15, 0.2) is 0 Å². The van der Waals surface area contributed by atoms with Crippen molar-refractivity contribution in [1.82, 2.24) is 31.5 Å². The molecular formula is C44H79N7O9. The summed E-state index contributed by atoms with van der Waals surface area (Å²) in [6, 6.07) is -3.71. The molecule has 16 heteroatoms. The van der Waals surface area contributed by atoms with Crippen LogP contribution in [0.5, 0.6) is 0 Å². The van der Waals surface area contributed by atoms with E-state index in [9.17, 15) is 38.4 Å². The number of nitrogens with zero attached hydrogens (tertiary/aromatic N) is 1. The van der Waals surface area contributed by atoms with Crippen molar-refractivity contribution in [3.63, 3.8) is 0 Å². The van der Waals surface area contributed by atoms with E-state index in [1.54, 1.807) is 13.8 Å². The Morgan fingerprint density at radius 1 is 0.717 bits per heavy atom. The van der Waals surface area contributed by atoms with Gasteiger partial charge in [-0.2, -0.15) is 0 Å². The third-order valence-corrected chi connectivity index (χ3v) is 10.5. The van der Waals surface area contributed by atoms with Crippen LogP contribution in [0.2, 0.25) is 0 Å². The minimum atomic E-state index is -1.59. The molecule has 1 aliphatic heterocycles. The van der Waals surface area contributed by atoms with Crippen LogP contribution in [-0.4, -0.2) is 101 Å². The molecule has 1 rings (SSSR count). The lowest BCUT2D eigenvalue weighted by Crippen LogP contribution is -2.63. The van der Waals surface area contributed by atoms with E-state index in [1.165, 1.54) is 57.8 Å². The van der Waals surface area contributed by atoms with Crippen molar-refractivity contribution in [1.29, 1.82) is 0 Å². The molecule has 0 spiro atoms. The summed E-state index contributed by atoms with van der Waals surface area (Å²) in [5, 5.41) is 13.8. The van der Waals surface area contributed by atoms with E-state index in [-0.39, 0.29) is 49.5 Å². The summed E-state index contributed by atoms with van der Waals surface area (Å²) in [5.41, 5.74) is 2.52. The molecule has 344 valence electrons. The van der Waals surface area contributed by atoms with Crippen LogP contribution in [0.1, 0.15) is 172 Å². The lowest BCUT2D eigenvalue weighted by atomic mass is 9.98. The minimum Gasteiger partial charge on any atom is -0.464 e. The largest absolute Gasteiger partial charge is 0.464 e. The van der Waals surface area contributed by atoms with Gasteiger partial charge in [0.2, 0.25) is 41.4 Å². The molecule has 0 aromatic heterocycles. The van der Waals surface area contributed by atoms with Gasteiger partial charge in [-0.3, -0.25) is 38.4 Å². The van der Waals surface area contributed by atoms with E-state index < -0.39 is 70.8 Å². The third-order valence-electron chi connectivity index (χ3n) is 10.5. The molecule has 0 aromatic carbocycles. The van der Waals surface area contributed by atoms with E-state index in [4.69, 9.17) is 10.5 Å². The van der Waals surface area contributed by atoms with E-state index in [0.717, 1.165) is 25.7 Å². The Morgan fingerprint density at radius 3 is 1.85 bits per heavy atom. The topological polar surface area (TPSA) is 235 Å². The molecule has 1 saturated heterocycles. The zero-order chi connectivity index (χ0) is 45.6. The molecule has 0 bridgehead atoms. The van der Waals surface area contributed by atoms with Gasteiger partial charge in [0.05, 0.1) is 6.04 Å². The number of primary amides is 1. The Kier molecular flexibility index (Phi) is 24.1. The molecule has 0 aromatic rings. The summed E-state index contributed by atoms with van der Waals surface area (Å²) in [7, 11) is 0. The molecule has 1 fully saturated rings. The van der Waals surface area contributed by atoms with Gasteiger partial charge in [-0.1, -0.05) is 86.0 Å². The smallest absolute Gasteiger partial charge is 0.302 e. The van der Waals surface area contributed by atoms with Crippen molar-refractivity contribution in [2.24, 2.45) is 17.6 Å². The molecule has 7 N–H and O–H groups in total. The maximum Gasteiger partial charge on any atom is 0.302 e. The van der Waals surface area contributed by atoms with Crippen LogP contribution in [0.15, 0.2) is 0 Å². The molecule has 0 unspecified atom stereocenters. The van der Waals surface area contributed by atoms with Crippen LogP contribution in [0.4, 0.5) is 0 Å². The number of nitrogens with two attached hydrogens (primary N) is 1. The fourth-order valence-electron chi connectivity index (χ4n) is 7.28. The Balaban J connectivity index is 2.99. The number of unbranched alkanes of at least 4 members (excludes halogenated alkanes) is 8. The highest BCUT2D eigenvalue weighted by molar-refractivity contribution is 5.98. The van der Waals surface area contributed by atoms with Gasteiger partial charge in [-0.15, -0.1) is 0 Å². The zero-order valence-corrected chi connectivity index (χ0v) is 38.4. The monoisotopic (exact) mass is 850 g/mol. The van der Waals surface area contributed by atoms with Crippen molar-refractivity contribution >= 4 is 47.3 Å². The van der Waals surface area contributed by atoms with Crippen molar-refractivity contribution in [3.05, 3.63) is 0 Å². The van der Waals surface area contributed by atoms with E-state index in [0.29, 0.717) is 32.2 Å². The maximum atomic E-state index is 13.8. The second-order valence-corrected chi connectivity index (χ2v) is 18.4. The van der Waals surface area contributed by atoms with Gasteiger partial charge in [0, 0.05) is 26.3 Å². The van der Waals surface area contributed by atoms with Crippen LogP contribution in [0.25, 0.3) is 0 Å². The van der Waals surface area contributed by atoms with Gasteiger partial charge < -0.3 is 42.0 Å². The first-order valence-corrected chi connectivity index (χ1v) is 22.3. The predicted octanol–water partition coefficient (Wildman–Crippen LogP) is 4.06. The SMILES string of the molecule is CCCCCCCCCCCC(=O)NC(C)(C)C(=O)N1CCC[C@H]1C(=O)N[C@@H](CC(C)C)C(=O)NC(C)(C)C(=O)N[C@@H](CCC(N)=O)C(=O)N[C@H](COC(C)=O)CC(C)C. The van der Waals surface area contributed by atoms with Crippen LogP contribution in [0.3, 0.4) is 0 Å². The number of amides is 7. The Labute approximate surface area is 359 Å². The number of esters is 1. The molecule has 1 aliphatic rings. The number of ether oxygens (including phenoxy) is 1. The van der Waals surface area contributed by atoms with Crippen LogP contribution in [-0.2, 0) is 43.1 Å².